The molecule has 0 amide bonds. The fourth-order valence-electron chi connectivity index (χ4n) is 2.88. The van der Waals surface area contributed by atoms with E-state index in [0.29, 0.717) is 24.3 Å². The van der Waals surface area contributed by atoms with Crippen LogP contribution in [-0.2, 0) is 0 Å². The topological polar surface area (TPSA) is 38.7 Å². The van der Waals surface area contributed by atoms with Gasteiger partial charge in [0, 0.05) is 0 Å². The van der Waals surface area contributed by atoms with Crippen LogP contribution in [0.5, 0.6) is 11.5 Å². The first-order valence-electron chi connectivity index (χ1n) is 10.1. The average Bonchev–Trinajstić information content (AvgIpc) is 2.61. The van der Waals surface area contributed by atoms with Gasteiger partial charge >= 0.3 is 0 Å². The summed E-state index contributed by atoms with van der Waals surface area (Å²) in [5.41, 5.74) is 0.817. The summed E-state index contributed by atoms with van der Waals surface area (Å²) in [6, 6.07) is 5.38. The van der Waals surface area contributed by atoms with Crippen molar-refractivity contribution in [2.75, 3.05) is 6.61 Å². The lowest BCUT2D eigenvalue weighted by Gasteiger charge is -2.32. The molecule has 2 unspecified atom stereocenters. The largest absolute Gasteiger partial charge is 0.539 e. The molecule has 1 N–H and O–H groups in total. The van der Waals surface area contributed by atoms with E-state index in [-0.39, 0.29) is 6.61 Å². The molecule has 1 aromatic carbocycles. The summed E-state index contributed by atoms with van der Waals surface area (Å²) >= 11 is 0. The van der Waals surface area contributed by atoms with Crippen molar-refractivity contribution in [1.29, 1.82) is 0 Å². The zero-order chi connectivity index (χ0) is 21.4. The molecule has 0 saturated heterocycles. The van der Waals surface area contributed by atoms with Crippen LogP contribution in [0.3, 0.4) is 0 Å². The molecule has 1 rings (SSSR count). The molecule has 2 atom stereocenters. The van der Waals surface area contributed by atoms with Crippen LogP contribution in [0.1, 0.15) is 45.1 Å². The van der Waals surface area contributed by atoms with Crippen molar-refractivity contribution in [1.82, 2.24) is 0 Å². The minimum absolute atomic E-state index is 0.0712. The predicted octanol–water partition coefficient (Wildman–Crippen LogP) is 6.21. The van der Waals surface area contributed by atoms with E-state index in [4.69, 9.17) is 14.0 Å². The van der Waals surface area contributed by atoms with E-state index < -0.39 is 28.2 Å². The van der Waals surface area contributed by atoms with E-state index in [1.54, 1.807) is 24.3 Å². The summed E-state index contributed by atoms with van der Waals surface area (Å²) < 4.78 is 41.6. The Kier molecular flexibility index (Phi) is 9.87. The van der Waals surface area contributed by atoms with Crippen LogP contribution in [0.15, 0.2) is 24.3 Å². The standard InChI is InChI=1S/C21H36F2O3Si2/c1-7-10-20(22)27(3,4)25-18-14-13-17(12-9-15-24)16-19(18)26-28(5,6)21(23)11-8-2/h9,12-14,16,20-21,24H,7-8,10-11,15H2,1-6H3. The van der Waals surface area contributed by atoms with Crippen molar-refractivity contribution in [3.05, 3.63) is 29.8 Å². The average molecular weight is 431 g/mol. The van der Waals surface area contributed by atoms with Crippen molar-refractivity contribution in [3.63, 3.8) is 0 Å². The first kappa shape index (κ1) is 24.9. The van der Waals surface area contributed by atoms with Crippen LogP contribution >= 0.6 is 0 Å². The number of rotatable bonds is 12. The van der Waals surface area contributed by atoms with Gasteiger partial charge in [-0.2, -0.15) is 0 Å². The molecule has 0 heterocycles. The molecule has 0 spiro atoms. The Hall–Kier alpha value is -1.19. The minimum Gasteiger partial charge on any atom is -0.539 e. The zero-order valence-corrected chi connectivity index (χ0v) is 20.1. The Morgan fingerprint density at radius 2 is 1.43 bits per heavy atom. The monoisotopic (exact) mass is 430 g/mol. The second-order valence-electron chi connectivity index (χ2n) is 8.21. The molecule has 0 saturated carbocycles. The van der Waals surface area contributed by atoms with Gasteiger partial charge in [0.2, 0.25) is 0 Å². The summed E-state index contributed by atoms with van der Waals surface area (Å²) in [4.78, 5) is 0. The highest BCUT2D eigenvalue weighted by atomic mass is 28.4. The second kappa shape index (κ2) is 11.1. The Labute approximate surface area is 171 Å². The predicted molar refractivity (Wildman–Crippen MR) is 118 cm³/mol. The maximum atomic E-state index is 14.7. The molecule has 28 heavy (non-hydrogen) atoms. The Bertz CT molecular complexity index is 636. The van der Waals surface area contributed by atoms with Gasteiger partial charge in [0.25, 0.3) is 16.6 Å². The molecule has 0 aliphatic rings. The van der Waals surface area contributed by atoms with Gasteiger partial charge in [0.1, 0.15) is 23.1 Å². The molecule has 0 aliphatic carbocycles. The Morgan fingerprint density at radius 3 is 1.89 bits per heavy atom. The van der Waals surface area contributed by atoms with Crippen LogP contribution in [-0.4, -0.2) is 39.9 Å². The molecule has 0 bridgehead atoms. The van der Waals surface area contributed by atoms with Gasteiger partial charge < -0.3 is 14.0 Å². The fraction of sp³-hybridized carbons (Fsp3) is 0.619. The van der Waals surface area contributed by atoms with Gasteiger partial charge in [-0.1, -0.05) is 44.9 Å². The number of hydrogen-bond acceptors (Lipinski definition) is 3. The van der Waals surface area contributed by atoms with Gasteiger partial charge in [-0.05, 0) is 56.7 Å². The van der Waals surface area contributed by atoms with Crippen molar-refractivity contribution >= 4 is 22.7 Å². The third-order valence-electron chi connectivity index (χ3n) is 4.72. The van der Waals surface area contributed by atoms with Crippen molar-refractivity contribution < 1.29 is 22.7 Å². The van der Waals surface area contributed by atoms with Gasteiger partial charge in [-0.3, -0.25) is 0 Å². The first-order chi connectivity index (χ1) is 13.1. The number of aliphatic hydroxyl groups excluding tert-OH is 1. The van der Waals surface area contributed by atoms with E-state index in [2.05, 4.69) is 0 Å². The highest BCUT2D eigenvalue weighted by Gasteiger charge is 2.39. The first-order valence-corrected chi connectivity index (χ1v) is 16.1. The van der Waals surface area contributed by atoms with Crippen molar-refractivity contribution in [2.24, 2.45) is 0 Å². The van der Waals surface area contributed by atoms with Crippen LogP contribution in [0, 0.1) is 0 Å². The zero-order valence-electron chi connectivity index (χ0n) is 18.1. The van der Waals surface area contributed by atoms with Crippen LogP contribution in [0.4, 0.5) is 8.78 Å². The molecule has 0 aliphatic heterocycles. The summed E-state index contributed by atoms with van der Waals surface area (Å²) in [6.45, 7) is 11.3. The third kappa shape index (κ3) is 7.33. The number of halogens is 2. The summed E-state index contributed by atoms with van der Waals surface area (Å²) in [5.74, 6) is -1.06. The molecule has 0 radical (unpaired) electrons. The van der Waals surface area contributed by atoms with Crippen molar-refractivity contribution in [3.8, 4) is 11.5 Å². The highest BCUT2D eigenvalue weighted by Crippen LogP contribution is 2.35. The lowest BCUT2D eigenvalue weighted by molar-refractivity contribution is 0.343. The van der Waals surface area contributed by atoms with E-state index in [1.165, 1.54) is 0 Å². The molecule has 3 nitrogen and oxygen atoms in total. The van der Waals surface area contributed by atoms with E-state index in [0.717, 1.165) is 18.4 Å². The van der Waals surface area contributed by atoms with Crippen LogP contribution < -0.4 is 8.85 Å². The summed E-state index contributed by atoms with van der Waals surface area (Å²) in [7, 11) is -5.31. The maximum absolute atomic E-state index is 14.7. The smallest absolute Gasteiger partial charge is 0.278 e. The summed E-state index contributed by atoms with van der Waals surface area (Å²) in [6.07, 6.45) is 5.83. The van der Waals surface area contributed by atoms with Crippen molar-refractivity contribution in [2.45, 2.75) is 77.3 Å². The van der Waals surface area contributed by atoms with E-state index in [1.807, 2.05) is 46.1 Å². The third-order valence-corrected chi connectivity index (χ3v) is 9.81. The van der Waals surface area contributed by atoms with Gasteiger partial charge in [0.15, 0.2) is 0 Å². The Morgan fingerprint density at radius 1 is 0.929 bits per heavy atom. The quantitative estimate of drug-likeness (QED) is 0.400. The lowest BCUT2D eigenvalue weighted by Crippen LogP contribution is -2.47. The molecular formula is C21H36F2O3Si2. The summed E-state index contributed by atoms with van der Waals surface area (Å²) in [5, 5.41) is 9.01. The molecule has 160 valence electrons. The number of aliphatic hydroxyl groups is 1. The minimum atomic E-state index is -2.67. The number of hydrogen-bond donors (Lipinski definition) is 1. The fourth-order valence-corrected chi connectivity index (χ4v) is 6.56. The highest BCUT2D eigenvalue weighted by molar-refractivity contribution is 6.74. The SMILES string of the molecule is CCCC(F)[Si](C)(C)Oc1ccc(C=CCO)cc1O[Si](C)(C)C(F)CCC. The second-order valence-corrected chi connectivity index (χ2v) is 16.3. The molecule has 0 fully saturated rings. The van der Waals surface area contributed by atoms with Gasteiger partial charge in [-0.15, -0.1) is 0 Å². The Balaban J connectivity index is 3.23. The number of benzene rings is 1. The van der Waals surface area contributed by atoms with Crippen LogP contribution in [0.25, 0.3) is 6.08 Å². The lowest BCUT2D eigenvalue weighted by atomic mass is 10.2. The van der Waals surface area contributed by atoms with Crippen LogP contribution in [0.2, 0.25) is 26.2 Å². The normalized spacial score (nSPS) is 14.9. The molecule has 7 heteroatoms. The molecule has 1 aromatic rings. The van der Waals surface area contributed by atoms with E-state index >= 15 is 0 Å². The van der Waals surface area contributed by atoms with E-state index in [9.17, 15) is 8.78 Å². The van der Waals surface area contributed by atoms with Gasteiger partial charge in [0.05, 0.1) is 6.61 Å². The molecular weight excluding hydrogens is 394 g/mol. The maximum Gasteiger partial charge on any atom is 0.278 e. The molecule has 0 aromatic heterocycles. The number of alkyl halides is 2. The van der Waals surface area contributed by atoms with Gasteiger partial charge in [-0.25, -0.2) is 8.78 Å².